The van der Waals surface area contributed by atoms with Gasteiger partial charge in [0.2, 0.25) is 0 Å². The van der Waals surface area contributed by atoms with Gasteiger partial charge in [0.05, 0.1) is 7.11 Å². The predicted molar refractivity (Wildman–Crippen MR) is 76.3 cm³/mol. The van der Waals surface area contributed by atoms with Crippen molar-refractivity contribution < 1.29 is 4.74 Å². The lowest BCUT2D eigenvalue weighted by molar-refractivity contribution is 0.414. The van der Waals surface area contributed by atoms with E-state index in [1.54, 1.807) is 7.11 Å². The molecule has 1 atom stereocenters. The van der Waals surface area contributed by atoms with Crippen molar-refractivity contribution in [1.82, 2.24) is 4.37 Å². The lowest BCUT2D eigenvalue weighted by Gasteiger charge is -2.15. The van der Waals surface area contributed by atoms with Crippen molar-refractivity contribution in [3.63, 3.8) is 0 Å². The Morgan fingerprint density at radius 1 is 1.33 bits per heavy atom. The number of hydrogen-bond donors (Lipinski definition) is 2. The smallest absolute Gasteiger partial charge is 0.142 e. The monoisotopic (exact) mass is 263 g/mol. The summed E-state index contributed by atoms with van der Waals surface area (Å²) in [5, 5.41) is 4.44. The van der Waals surface area contributed by atoms with E-state index in [0.29, 0.717) is 5.82 Å². The number of nitrogen functional groups attached to an aromatic ring is 1. The largest absolute Gasteiger partial charge is 0.497 e. The maximum Gasteiger partial charge on any atom is 0.142 e. The van der Waals surface area contributed by atoms with Gasteiger partial charge in [0.25, 0.3) is 0 Å². The van der Waals surface area contributed by atoms with E-state index in [9.17, 15) is 0 Å². The van der Waals surface area contributed by atoms with Crippen LogP contribution < -0.4 is 15.8 Å². The summed E-state index contributed by atoms with van der Waals surface area (Å²) in [4.78, 5) is 0. The second kappa shape index (κ2) is 5.27. The van der Waals surface area contributed by atoms with Gasteiger partial charge in [-0.05, 0) is 43.1 Å². The number of aromatic nitrogens is 1. The van der Waals surface area contributed by atoms with Gasteiger partial charge in [0.1, 0.15) is 16.6 Å². The van der Waals surface area contributed by atoms with E-state index >= 15 is 0 Å². The lowest BCUT2D eigenvalue weighted by Crippen LogP contribution is -2.06. The molecule has 2 rings (SSSR count). The molecular weight excluding hydrogens is 246 g/mol. The summed E-state index contributed by atoms with van der Waals surface area (Å²) < 4.78 is 9.27. The van der Waals surface area contributed by atoms with Crippen molar-refractivity contribution >= 4 is 22.4 Å². The molecule has 3 N–H and O–H groups in total. The van der Waals surface area contributed by atoms with Crippen LogP contribution in [0.2, 0.25) is 0 Å². The number of nitrogens with one attached hydrogen (secondary N) is 1. The fraction of sp³-hybridized carbons (Fsp3) is 0.308. The fourth-order valence-electron chi connectivity index (χ4n) is 1.66. The van der Waals surface area contributed by atoms with E-state index in [0.717, 1.165) is 16.3 Å². The highest BCUT2D eigenvalue weighted by atomic mass is 32.1. The molecule has 0 aliphatic carbocycles. The molecule has 0 amide bonds. The maximum atomic E-state index is 5.74. The third-order valence-corrected chi connectivity index (χ3v) is 3.82. The molecule has 96 valence electrons. The maximum absolute atomic E-state index is 5.74. The standard InChI is InChI=1S/C13H17N3OS/c1-8-12(14)16-18-13(8)15-9(2)10-4-6-11(17-3)7-5-10/h4-7,9,15H,1-3H3,(H2,14,16). The molecule has 1 unspecified atom stereocenters. The summed E-state index contributed by atoms with van der Waals surface area (Å²) in [6.07, 6.45) is 0. The summed E-state index contributed by atoms with van der Waals surface area (Å²) in [6.45, 7) is 4.08. The first kappa shape index (κ1) is 12.7. The van der Waals surface area contributed by atoms with Crippen molar-refractivity contribution in [3.8, 4) is 5.75 Å². The number of hydrogen-bond acceptors (Lipinski definition) is 5. The van der Waals surface area contributed by atoms with E-state index in [1.165, 1.54) is 17.1 Å². The second-order valence-corrected chi connectivity index (χ2v) is 4.93. The molecule has 0 radical (unpaired) electrons. The minimum atomic E-state index is 0.203. The van der Waals surface area contributed by atoms with Crippen LogP contribution in [0.1, 0.15) is 24.1 Å². The third-order valence-electron chi connectivity index (χ3n) is 2.92. The summed E-state index contributed by atoms with van der Waals surface area (Å²) in [6, 6.07) is 8.23. The van der Waals surface area contributed by atoms with Gasteiger partial charge in [0.15, 0.2) is 0 Å². The Bertz CT molecular complexity index is 522. The quantitative estimate of drug-likeness (QED) is 0.889. The Balaban J connectivity index is 2.11. The van der Waals surface area contributed by atoms with E-state index in [-0.39, 0.29) is 6.04 Å². The average Bonchev–Trinajstić information content (AvgIpc) is 2.71. The molecule has 5 heteroatoms. The van der Waals surface area contributed by atoms with Gasteiger partial charge in [-0.3, -0.25) is 0 Å². The SMILES string of the molecule is COc1ccc(C(C)Nc2snc(N)c2C)cc1. The fourth-order valence-corrected chi connectivity index (χ4v) is 2.45. The van der Waals surface area contributed by atoms with Gasteiger partial charge in [-0.2, -0.15) is 4.37 Å². The summed E-state index contributed by atoms with van der Waals surface area (Å²) in [5.41, 5.74) is 7.95. The van der Waals surface area contributed by atoms with Crippen LogP contribution in [0.5, 0.6) is 5.75 Å². The molecule has 2 aromatic rings. The molecule has 0 fully saturated rings. The normalized spacial score (nSPS) is 12.2. The molecule has 1 aromatic heterocycles. The van der Waals surface area contributed by atoms with Crippen molar-refractivity contribution in [3.05, 3.63) is 35.4 Å². The lowest BCUT2D eigenvalue weighted by atomic mass is 10.1. The van der Waals surface area contributed by atoms with E-state index in [1.807, 2.05) is 19.1 Å². The minimum absolute atomic E-state index is 0.203. The molecule has 0 spiro atoms. The first-order valence-electron chi connectivity index (χ1n) is 5.74. The first-order chi connectivity index (χ1) is 8.61. The van der Waals surface area contributed by atoms with Crippen molar-refractivity contribution in [1.29, 1.82) is 0 Å². The molecule has 18 heavy (non-hydrogen) atoms. The zero-order valence-electron chi connectivity index (χ0n) is 10.7. The number of rotatable bonds is 4. The van der Waals surface area contributed by atoms with Gasteiger partial charge < -0.3 is 15.8 Å². The van der Waals surface area contributed by atoms with Gasteiger partial charge in [0, 0.05) is 11.6 Å². The third kappa shape index (κ3) is 2.56. The van der Waals surface area contributed by atoms with Gasteiger partial charge in [-0.25, -0.2) is 0 Å². The van der Waals surface area contributed by atoms with Crippen LogP contribution in [0, 0.1) is 6.92 Å². The number of ether oxygens (including phenoxy) is 1. The summed E-state index contributed by atoms with van der Waals surface area (Å²) >= 11 is 1.40. The van der Waals surface area contributed by atoms with Crippen LogP contribution in [0.15, 0.2) is 24.3 Å². The minimum Gasteiger partial charge on any atom is -0.497 e. The Hall–Kier alpha value is -1.75. The van der Waals surface area contributed by atoms with Crippen LogP contribution in [0.4, 0.5) is 10.8 Å². The van der Waals surface area contributed by atoms with E-state index in [2.05, 4.69) is 28.7 Å². The van der Waals surface area contributed by atoms with E-state index < -0.39 is 0 Å². The highest BCUT2D eigenvalue weighted by Crippen LogP contribution is 2.29. The molecule has 0 aliphatic heterocycles. The van der Waals surface area contributed by atoms with Gasteiger partial charge in [-0.1, -0.05) is 12.1 Å². The van der Waals surface area contributed by atoms with Crippen molar-refractivity contribution in [2.24, 2.45) is 0 Å². The molecule has 1 aromatic carbocycles. The molecule has 4 nitrogen and oxygen atoms in total. The molecular formula is C13H17N3OS. The van der Waals surface area contributed by atoms with Gasteiger partial charge in [-0.15, -0.1) is 0 Å². The summed E-state index contributed by atoms with van der Waals surface area (Å²) in [7, 11) is 1.67. The second-order valence-electron chi connectivity index (χ2n) is 4.16. The van der Waals surface area contributed by atoms with Crippen LogP contribution in [-0.4, -0.2) is 11.5 Å². The van der Waals surface area contributed by atoms with E-state index in [4.69, 9.17) is 10.5 Å². The number of nitrogens with two attached hydrogens (primary N) is 1. The summed E-state index contributed by atoms with van der Waals surface area (Å²) in [5.74, 6) is 1.47. The van der Waals surface area contributed by atoms with Gasteiger partial charge >= 0.3 is 0 Å². The number of nitrogens with zero attached hydrogens (tertiary/aromatic N) is 1. The van der Waals surface area contributed by atoms with Crippen LogP contribution in [0.3, 0.4) is 0 Å². The van der Waals surface area contributed by atoms with Crippen molar-refractivity contribution in [2.45, 2.75) is 19.9 Å². The van der Waals surface area contributed by atoms with Crippen LogP contribution in [-0.2, 0) is 0 Å². The molecule has 0 saturated heterocycles. The van der Waals surface area contributed by atoms with Crippen LogP contribution >= 0.6 is 11.5 Å². The van der Waals surface area contributed by atoms with Crippen LogP contribution in [0.25, 0.3) is 0 Å². The number of methoxy groups -OCH3 is 1. The highest BCUT2D eigenvalue weighted by Gasteiger charge is 2.11. The Kier molecular flexibility index (Phi) is 3.72. The topological polar surface area (TPSA) is 60.2 Å². The Morgan fingerprint density at radius 2 is 2.00 bits per heavy atom. The molecule has 0 bridgehead atoms. The van der Waals surface area contributed by atoms with Crippen molar-refractivity contribution in [2.75, 3.05) is 18.2 Å². The molecule has 1 heterocycles. The molecule has 0 saturated carbocycles. The average molecular weight is 263 g/mol. The highest BCUT2D eigenvalue weighted by molar-refractivity contribution is 7.10. The zero-order valence-corrected chi connectivity index (χ0v) is 11.5. The first-order valence-corrected chi connectivity index (χ1v) is 6.51. The number of benzene rings is 1. The Labute approximate surface area is 111 Å². The number of anilines is 2. The molecule has 0 aliphatic rings. The predicted octanol–water partition coefficient (Wildman–Crippen LogP) is 3.22. The zero-order chi connectivity index (χ0) is 13.1. The Morgan fingerprint density at radius 3 is 2.50 bits per heavy atom.